The van der Waals surface area contributed by atoms with Crippen molar-refractivity contribution >= 4 is 11.6 Å². The summed E-state index contributed by atoms with van der Waals surface area (Å²) in [7, 11) is 2.03. The fraction of sp³-hybridized carbons (Fsp3) is 0.400. The Balaban J connectivity index is 1.48. The summed E-state index contributed by atoms with van der Waals surface area (Å²) in [6.07, 6.45) is 6.22. The number of nitrogens with zero attached hydrogens (tertiary/aromatic N) is 2. The van der Waals surface area contributed by atoms with Crippen LogP contribution in [0.15, 0.2) is 36.7 Å². The largest absolute Gasteiger partial charge is 0.337 e. The lowest BCUT2D eigenvalue weighted by Gasteiger charge is -2.36. The van der Waals surface area contributed by atoms with Crippen molar-refractivity contribution in [2.75, 3.05) is 0 Å². The molecule has 1 N–H and O–H groups in total. The highest BCUT2D eigenvalue weighted by Crippen LogP contribution is 2.37. The minimum Gasteiger partial charge on any atom is -0.337 e. The number of halogens is 1. The van der Waals surface area contributed by atoms with E-state index in [4.69, 9.17) is 11.6 Å². The third-order valence-electron chi connectivity index (χ3n) is 3.95. The number of aromatic nitrogens is 2. The summed E-state index contributed by atoms with van der Waals surface area (Å²) in [5, 5.41) is 4.38. The molecule has 0 bridgehead atoms. The fourth-order valence-electron chi connectivity index (χ4n) is 2.59. The van der Waals surface area contributed by atoms with Crippen molar-refractivity contribution in [1.29, 1.82) is 0 Å². The lowest BCUT2D eigenvalue weighted by Crippen LogP contribution is -2.40. The molecule has 0 amide bonds. The molecule has 0 unspecified atom stereocenters. The van der Waals surface area contributed by atoms with Gasteiger partial charge in [0.25, 0.3) is 0 Å². The third kappa shape index (κ3) is 2.82. The molecule has 100 valence electrons. The maximum atomic E-state index is 5.91. The van der Waals surface area contributed by atoms with Crippen molar-refractivity contribution in [2.24, 2.45) is 7.05 Å². The molecule has 0 saturated heterocycles. The maximum Gasteiger partial charge on any atom is 0.122 e. The molecule has 1 saturated carbocycles. The van der Waals surface area contributed by atoms with E-state index in [2.05, 4.69) is 27.0 Å². The zero-order chi connectivity index (χ0) is 13.2. The molecular formula is C15H18ClN3. The summed E-state index contributed by atoms with van der Waals surface area (Å²) < 4.78 is 2.06. The van der Waals surface area contributed by atoms with Gasteiger partial charge < -0.3 is 9.88 Å². The van der Waals surface area contributed by atoms with E-state index in [9.17, 15) is 0 Å². The number of hydrogen-bond donors (Lipinski definition) is 1. The molecular weight excluding hydrogens is 258 g/mol. The standard InChI is InChI=1S/C15H18ClN3/c1-19-7-6-17-15(19)10-18-14-8-12(9-14)11-2-4-13(16)5-3-11/h2-7,12,14,18H,8-10H2,1H3. The number of hydrogen-bond acceptors (Lipinski definition) is 2. The van der Waals surface area contributed by atoms with Crippen molar-refractivity contribution in [3.63, 3.8) is 0 Å². The first-order chi connectivity index (χ1) is 9.22. The highest BCUT2D eigenvalue weighted by molar-refractivity contribution is 6.30. The van der Waals surface area contributed by atoms with E-state index in [-0.39, 0.29) is 0 Å². The smallest absolute Gasteiger partial charge is 0.122 e. The van der Waals surface area contributed by atoms with Gasteiger partial charge in [-0.2, -0.15) is 0 Å². The molecule has 2 aromatic rings. The van der Waals surface area contributed by atoms with Crippen molar-refractivity contribution in [1.82, 2.24) is 14.9 Å². The molecule has 0 atom stereocenters. The molecule has 1 fully saturated rings. The van der Waals surface area contributed by atoms with Crippen molar-refractivity contribution in [2.45, 2.75) is 31.3 Å². The predicted octanol–water partition coefficient (Wildman–Crippen LogP) is 3.11. The minimum atomic E-state index is 0.609. The lowest BCUT2D eigenvalue weighted by atomic mass is 9.76. The van der Waals surface area contributed by atoms with Gasteiger partial charge in [-0.3, -0.25) is 0 Å². The first-order valence-electron chi connectivity index (χ1n) is 6.67. The van der Waals surface area contributed by atoms with Crippen LogP contribution in [0.3, 0.4) is 0 Å². The number of aryl methyl sites for hydroxylation is 1. The highest BCUT2D eigenvalue weighted by Gasteiger charge is 2.29. The zero-order valence-electron chi connectivity index (χ0n) is 11.0. The Morgan fingerprint density at radius 2 is 2.05 bits per heavy atom. The van der Waals surface area contributed by atoms with Crippen LogP contribution in [-0.4, -0.2) is 15.6 Å². The first kappa shape index (κ1) is 12.7. The Kier molecular flexibility index (Phi) is 3.58. The Morgan fingerprint density at radius 3 is 2.68 bits per heavy atom. The molecule has 1 heterocycles. The van der Waals surface area contributed by atoms with E-state index < -0.39 is 0 Å². The van der Waals surface area contributed by atoms with Gasteiger partial charge in [0.05, 0.1) is 6.54 Å². The second kappa shape index (κ2) is 5.35. The monoisotopic (exact) mass is 275 g/mol. The predicted molar refractivity (Wildman–Crippen MR) is 77.3 cm³/mol. The Hall–Kier alpha value is -1.32. The summed E-state index contributed by atoms with van der Waals surface area (Å²) in [5.74, 6) is 1.77. The van der Waals surface area contributed by atoms with Gasteiger partial charge in [0, 0.05) is 30.5 Å². The van der Waals surface area contributed by atoms with Gasteiger partial charge in [-0.1, -0.05) is 23.7 Å². The van der Waals surface area contributed by atoms with Crippen molar-refractivity contribution in [3.8, 4) is 0 Å². The van der Waals surface area contributed by atoms with Crippen molar-refractivity contribution < 1.29 is 0 Å². The van der Waals surface area contributed by atoms with E-state index >= 15 is 0 Å². The summed E-state index contributed by atoms with van der Waals surface area (Å²) in [5.41, 5.74) is 1.40. The van der Waals surface area contributed by atoms with E-state index in [1.165, 1.54) is 18.4 Å². The average molecular weight is 276 g/mol. The Morgan fingerprint density at radius 1 is 1.32 bits per heavy atom. The Labute approximate surface area is 118 Å². The molecule has 1 aliphatic carbocycles. The first-order valence-corrected chi connectivity index (χ1v) is 7.05. The summed E-state index contributed by atoms with van der Waals surface area (Å²) in [4.78, 5) is 4.32. The minimum absolute atomic E-state index is 0.609. The molecule has 1 aromatic heterocycles. The van der Waals surface area contributed by atoms with Crippen molar-refractivity contribution in [3.05, 3.63) is 53.1 Å². The molecule has 1 aliphatic rings. The summed E-state index contributed by atoms with van der Waals surface area (Å²) >= 11 is 5.91. The van der Waals surface area contributed by atoms with Gasteiger partial charge in [-0.25, -0.2) is 4.98 Å². The molecule has 19 heavy (non-hydrogen) atoms. The Bertz CT molecular complexity index is 541. The van der Waals surface area contributed by atoms with Gasteiger partial charge in [-0.05, 0) is 36.5 Å². The van der Waals surface area contributed by atoms with Crippen LogP contribution in [-0.2, 0) is 13.6 Å². The van der Waals surface area contributed by atoms with Crippen LogP contribution >= 0.6 is 11.6 Å². The van der Waals surface area contributed by atoms with Gasteiger partial charge in [0.1, 0.15) is 5.82 Å². The highest BCUT2D eigenvalue weighted by atomic mass is 35.5. The normalized spacial score (nSPS) is 22.2. The van der Waals surface area contributed by atoms with Crippen LogP contribution in [0.1, 0.15) is 30.1 Å². The van der Waals surface area contributed by atoms with Gasteiger partial charge in [-0.15, -0.1) is 0 Å². The SMILES string of the molecule is Cn1ccnc1CNC1CC(c2ccc(Cl)cc2)C1. The van der Waals surface area contributed by atoms with Gasteiger partial charge >= 0.3 is 0 Å². The molecule has 1 aromatic carbocycles. The van der Waals surface area contributed by atoms with Crippen LogP contribution in [0.25, 0.3) is 0 Å². The van der Waals surface area contributed by atoms with E-state index in [0.717, 1.165) is 17.4 Å². The van der Waals surface area contributed by atoms with E-state index in [0.29, 0.717) is 12.0 Å². The third-order valence-corrected chi connectivity index (χ3v) is 4.20. The fourth-order valence-corrected chi connectivity index (χ4v) is 2.72. The van der Waals surface area contributed by atoms with Gasteiger partial charge in [0.15, 0.2) is 0 Å². The average Bonchev–Trinajstić information content (AvgIpc) is 2.75. The number of imidazole rings is 1. The second-order valence-electron chi connectivity index (χ2n) is 5.25. The van der Waals surface area contributed by atoms with Crippen LogP contribution in [0, 0.1) is 0 Å². The van der Waals surface area contributed by atoms with E-state index in [1.807, 2.05) is 31.6 Å². The molecule has 0 spiro atoms. The number of benzene rings is 1. The van der Waals surface area contributed by atoms with Crippen LogP contribution in [0.2, 0.25) is 5.02 Å². The van der Waals surface area contributed by atoms with Crippen LogP contribution < -0.4 is 5.32 Å². The topological polar surface area (TPSA) is 29.9 Å². The second-order valence-corrected chi connectivity index (χ2v) is 5.69. The number of nitrogens with one attached hydrogen (secondary N) is 1. The van der Waals surface area contributed by atoms with E-state index in [1.54, 1.807) is 0 Å². The lowest BCUT2D eigenvalue weighted by molar-refractivity contribution is 0.286. The van der Waals surface area contributed by atoms with Gasteiger partial charge in [0.2, 0.25) is 0 Å². The zero-order valence-corrected chi connectivity index (χ0v) is 11.8. The molecule has 0 aliphatic heterocycles. The van der Waals surface area contributed by atoms with Crippen LogP contribution in [0.4, 0.5) is 0 Å². The quantitative estimate of drug-likeness (QED) is 0.929. The summed E-state index contributed by atoms with van der Waals surface area (Å²) in [6, 6.07) is 8.85. The van der Waals surface area contributed by atoms with Crippen LogP contribution in [0.5, 0.6) is 0 Å². The molecule has 0 radical (unpaired) electrons. The molecule has 4 heteroatoms. The molecule has 3 nitrogen and oxygen atoms in total. The maximum absolute atomic E-state index is 5.91. The number of rotatable bonds is 4. The summed E-state index contributed by atoms with van der Waals surface area (Å²) in [6.45, 7) is 0.849. The molecule has 3 rings (SSSR count).